The molecule has 0 aliphatic heterocycles. The Hall–Kier alpha value is -0.840. The Labute approximate surface area is 107 Å². The molecule has 0 N–H and O–H groups in total. The van der Waals surface area contributed by atoms with Gasteiger partial charge in [0.15, 0.2) is 0 Å². The molecular weight excluding hydrogens is 243 g/mol. The molecule has 0 heterocycles. The van der Waals surface area contributed by atoms with Crippen LogP contribution < -0.4 is 4.74 Å². The first-order valence-corrected chi connectivity index (χ1v) is 5.91. The average molecular weight is 257 g/mol. The zero-order chi connectivity index (χ0) is 12.1. The highest BCUT2D eigenvalue weighted by molar-refractivity contribution is 6.35. The normalized spacial score (nSPS) is 11.9. The highest BCUT2D eigenvalue weighted by Gasteiger charge is 2.15. The van der Waals surface area contributed by atoms with Gasteiger partial charge in [0.05, 0.1) is 11.6 Å². The van der Waals surface area contributed by atoms with E-state index < -0.39 is 0 Å². The van der Waals surface area contributed by atoms with Crippen molar-refractivity contribution in [3.8, 4) is 18.1 Å². The van der Waals surface area contributed by atoms with Crippen LogP contribution in [0.5, 0.6) is 5.75 Å². The standard InChI is InChI=1S/C13H14Cl2O/c1-4-6-9(3)11-7-10(14)8-12(15)13(11)16-5-2/h1,7-9H,5-6H2,2-3H3. The second-order valence-electron chi connectivity index (χ2n) is 3.55. The summed E-state index contributed by atoms with van der Waals surface area (Å²) < 4.78 is 5.53. The van der Waals surface area contributed by atoms with Crippen LogP contribution in [0.3, 0.4) is 0 Å². The Morgan fingerprint density at radius 1 is 1.44 bits per heavy atom. The minimum Gasteiger partial charge on any atom is -0.492 e. The predicted octanol–water partition coefficient (Wildman–Crippen LogP) is 4.52. The highest BCUT2D eigenvalue weighted by atomic mass is 35.5. The van der Waals surface area contributed by atoms with E-state index in [-0.39, 0.29) is 5.92 Å². The molecule has 0 bridgehead atoms. The fourth-order valence-electron chi connectivity index (χ4n) is 1.53. The summed E-state index contributed by atoms with van der Waals surface area (Å²) in [6.07, 6.45) is 5.95. The van der Waals surface area contributed by atoms with Crippen molar-refractivity contribution in [2.75, 3.05) is 6.61 Å². The molecule has 0 spiro atoms. The van der Waals surface area contributed by atoms with Crippen LogP contribution in [-0.2, 0) is 0 Å². The Kier molecular flexibility index (Phi) is 4.99. The molecule has 1 aromatic rings. The van der Waals surface area contributed by atoms with E-state index in [0.717, 1.165) is 5.56 Å². The fraction of sp³-hybridized carbons (Fsp3) is 0.385. The van der Waals surface area contributed by atoms with Crippen LogP contribution in [0.15, 0.2) is 12.1 Å². The van der Waals surface area contributed by atoms with Gasteiger partial charge in [-0.2, -0.15) is 0 Å². The molecule has 1 atom stereocenters. The van der Waals surface area contributed by atoms with Crippen molar-refractivity contribution >= 4 is 23.2 Å². The van der Waals surface area contributed by atoms with Crippen molar-refractivity contribution in [1.82, 2.24) is 0 Å². The first-order chi connectivity index (χ1) is 7.60. The second-order valence-corrected chi connectivity index (χ2v) is 4.39. The first kappa shape index (κ1) is 13.2. The molecular formula is C13H14Cl2O. The maximum atomic E-state index is 6.10. The van der Waals surface area contributed by atoms with Crippen LogP contribution in [0.25, 0.3) is 0 Å². The van der Waals surface area contributed by atoms with Crippen LogP contribution in [-0.4, -0.2) is 6.61 Å². The van der Waals surface area contributed by atoms with Crippen molar-refractivity contribution in [2.45, 2.75) is 26.2 Å². The van der Waals surface area contributed by atoms with E-state index in [9.17, 15) is 0 Å². The Bertz CT molecular complexity index is 407. The van der Waals surface area contributed by atoms with Gasteiger partial charge in [0.1, 0.15) is 5.75 Å². The summed E-state index contributed by atoms with van der Waals surface area (Å²) in [7, 11) is 0. The minimum atomic E-state index is 0.183. The smallest absolute Gasteiger partial charge is 0.141 e. The molecule has 0 saturated heterocycles. The van der Waals surface area contributed by atoms with E-state index in [0.29, 0.717) is 28.8 Å². The average Bonchev–Trinajstić information content (AvgIpc) is 2.22. The van der Waals surface area contributed by atoms with E-state index in [1.165, 1.54) is 0 Å². The molecule has 1 rings (SSSR count). The molecule has 0 amide bonds. The van der Waals surface area contributed by atoms with Crippen molar-refractivity contribution in [3.63, 3.8) is 0 Å². The minimum absolute atomic E-state index is 0.183. The van der Waals surface area contributed by atoms with E-state index in [1.807, 2.05) is 19.9 Å². The molecule has 1 aromatic carbocycles. The van der Waals surface area contributed by atoms with Crippen molar-refractivity contribution in [1.29, 1.82) is 0 Å². The van der Waals surface area contributed by atoms with E-state index in [2.05, 4.69) is 5.92 Å². The molecule has 0 fully saturated rings. The zero-order valence-corrected chi connectivity index (χ0v) is 10.9. The number of benzene rings is 1. The third-order valence-corrected chi connectivity index (χ3v) is 2.78. The van der Waals surface area contributed by atoms with Gasteiger partial charge in [0.2, 0.25) is 0 Å². The SMILES string of the molecule is C#CCC(C)c1cc(Cl)cc(Cl)c1OCC. The highest BCUT2D eigenvalue weighted by Crippen LogP contribution is 2.37. The summed E-state index contributed by atoms with van der Waals surface area (Å²) in [6.45, 7) is 4.52. The van der Waals surface area contributed by atoms with Gasteiger partial charge in [-0.3, -0.25) is 0 Å². The van der Waals surface area contributed by atoms with E-state index in [1.54, 1.807) is 6.07 Å². The van der Waals surface area contributed by atoms with Crippen LogP contribution in [0, 0.1) is 12.3 Å². The van der Waals surface area contributed by atoms with Crippen molar-refractivity contribution < 1.29 is 4.74 Å². The van der Waals surface area contributed by atoms with E-state index >= 15 is 0 Å². The van der Waals surface area contributed by atoms with Crippen molar-refractivity contribution in [3.05, 3.63) is 27.7 Å². The summed E-state index contributed by atoms with van der Waals surface area (Å²) in [5.74, 6) is 3.51. The van der Waals surface area contributed by atoms with Crippen LogP contribution >= 0.6 is 23.2 Å². The van der Waals surface area contributed by atoms with Gasteiger partial charge in [-0.05, 0) is 25.0 Å². The Morgan fingerprint density at radius 3 is 2.69 bits per heavy atom. The van der Waals surface area contributed by atoms with Crippen LogP contribution in [0.2, 0.25) is 10.0 Å². The number of rotatable bonds is 4. The third kappa shape index (κ3) is 3.07. The summed E-state index contributed by atoms with van der Waals surface area (Å²) >= 11 is 12.1. The summed E-state index contributed by atoms with van der Waals surface area (Å²) in [6, 6.07) is 3.54. The lowest BCUT2D eigenvalue weighted by molar-refractivity contribution is 0.335. The lowest BCUT2D eigenvalue weighted by atomic mass is 9.97. The molecule has 0 saturated carbocycles. The topological polar surface area (TPSA) is 9.23 Å². The van der Waals surface area contributed by atoms with Crippen molar-refractivity contribution in [2.24, 2.45) is 0 Å². The van der Waals surface area contributed by atoms with Crippen LogP contribution in [0.4, 0.5) is 0 Å². The number of terminal acetylenes is 1. The first-order valence-electron chi connectivity index (χ1n) is 5.15. The van der Waals surface area contributed by atoms with E-state index in [4.69, 9.17) is 34.4 Å². The number of hydrogen-bond acceptors (Lipinski definition) is 1. The summed E-state index contributed by atoms with van der Waals surface area (Å²) in [4.78, 5) is 0. The van der Waals surface area contributed by atoms with Gasteiger partial charge < -0.3 is 4.74 Å². The number of hydrogen-bond donors (Lipinski definition) is 0. The molecule has 0 aliphatic rings. The fourth-order valence-corrected chi connectivity index (χ4v) is 2.09. The maximum Gasteiger partial charge on any atom is 0.141 e. The van der Waals surface area contributed by atoms with Gasteiger partial charge >= 0.3 is 0 Å². The predicted molar refractivity (Wildman–Crippen MR) is 69.5 cm³/mol. The molecule has 86 valence electrons. The molecule has 0 aromatic heterocycles. The molecule has 0 aliphatic carbocycles. The molecule has 1 unspecified atom stereocenters. The maximum absolute atomic E-state index is 6.10. The van der Waals surface area contributed by atoms with Gasteiger partial charge in [-0.1, -0.05) is 30.1 Å². The lowest BCUT2D eigenvalue weighted by Gasteiger charge is -2.16. The van der Waals surface area contributed by atoms with Gasteiger partial charge in [-0.15, -0.1) is 12.3 Å². The lowest BCUT2D eigenvalue weighted by Crippen LogP contribution is -2.01. The number of halogens is 2. The molecule has 16 heavy (non-hydrogen) atoms. The summed E-state index contributed by atoms with van der Waals surface area (Å²) in [5.41, 5.74) is 0.970. The third-order valence-electron chi connectivity index (χ3n) is 2.28. The summed E-state index contributed by atoms with van der Waals surface area (Å²) in [5, 5.41) is 1.14. The molecule has 0 radical (unpaired) electrons. The molecule has 3 heteroatoms. The quantitative estimate of drug-likeness (QED) is 0.720. The number of ether oxygens (including phenoxy) is 1. The van der Waals surface area contributed by atoms with Gasteiger partial charge in [0.25, 0.3) is 0 Å². The Balaban J connectivity index is 3.18. The van der Waals surface area contributed by atoms with Gasteiger partial charge in [-0.25, -0.2) is 0 Å². The van der Waals surface area contributed by atoms with Crippen LogP contribution in [0.1, 0.15) is 31.7 Å². The molecule has 1 nitrogen and oxygen atoms in total. The largest absolute Gasteiger partial charge is 0.492 e. The zero-order valence-electron chi connectivity index (χ0n) is 9.39. The monoisotopic (exact) mass is 256 g/mol. The second kappa shape index (κ2) is 6.03. The van der Waals surface area contributed by atoms with Gasteiger partial charge in [0, 0.05) is 17.0 Å². The Morgan fingerprint density at radius 2 is 2.12 bits per heavy atom.